The van der Waals surface area contributed by atoms with Crippen molar-refractivity contribution in [2.24, 2.45) is 4.99 Å². The van der Waals surface area contributed by atoms with E-state index in [9.17, 15) is 9.50 Å². The summed E-state index contributed by atoms with van der Waals surface area (Å²) in [6, 6.07) is 15.3. The number of aliphatic hydroxyl groups is 1. The van der Waals surface area contributed by atoms with Crippen LogP contribution < -0.4 is 15.4 Å². The standard InChI is InChI=1S/C22H25FN4O3.HI/c1-2-24-22(26-13-19(28)15-29-20-10-8-17(23)9-11-20)25-12-18-14-30-21(27-18)16-6-4-3-5-7-16;/h3-11,14,19,28H,2,12-13,15H2,1H3,(H2,24,25,26);1H. The minimum atomic E-state index is -0.768. The summed E-state index contributed by atoms with van der Waals surface area (Å²) in [5.41, 5.74) is 1.60. The van der Waals surface area contributed by atoms with Crippen molar-refractivity contribution < 1.29 is 18.7 Å². The van der Waals surface area contributed by atoms with Crippen LogP contribution in [-0.2, 0) is 6.54 Å². The largest absolute Gasteiger partial charge is 0.491 e. The summed E-state index contributed by atoms with van der Waals surface area (Å²) >= 11 is 0. The van der Waals surface area contributed by atoms with Crippen molar-refractivity contribution in [3.05, 3.63) is 72.4 Å². The Hall–Kier alpha value is -2.66. The van der Waals surface area contributed by atoms with Gasteiger partial charge in [-0.1, -0.05) is 18.2 Å². The van der Waals surface area contributed by atoms with Crippen LogP contribution in [0.25, 0.3) is 11.5 Å². The lowest BCUT2D eigenvalue weighted by Gasteiger charge is -2.15. The summed E-state index contributed by atoms with van der Waals surface area (Å²) in [5, 5.41) is 16.3. The number of aliphatic hydroxyl groups excluding tert-OH is 1. The Labute approximate surface area is 197 Å². The summed E-state index contributed by atoms with van der Waals surface area (Å²) in [7, 11) is 0. The van der Waals surface area contributed by atoms with Crippen molar-refractivity contribution in [1.29, 1.82) is 0 Å². The highest BCUT2D eigenvalue weighted by Crippen LogP contribution is 2.18. The second-order valence-electron chi connectivity index (χ2n) is 6.50. The molecule has 9 heteroatoms. The lowest BCUT2D eigenvalue weighted by molar-refractivity contribution is 0.110. The topological polar surface area (TPSA) is 91.9 Å². The van der Waals surface area contributed by atoms with Crippen molar-refractivity contribution in [2.75, 3.05) is 19.7 Å². The second kappa shape index (κ2) is 12.9. The highest BCUT2D eigenvalue weighted by Gasteiger charge is 2.09. The molecule has 0 aliphatic rings. The van der Waals surface area contributed by atoms with Gasteiger partial charge in [0, 0.05) is 18.7 Å². The number of aromatic nitrogens is 1. The Balaban J connectivity index is 0.00000341. The molecule has 0 aliphatic carbocycles. The number of hydrogen-bond acceptors (Lipinski definition) is 5. The minimum absolute atomic E-state index is 0. The van der Waals surface area contributed by atoms with Crippen LogP contribution >= 0.6 is 24.0 Å². The van der Waals surface area contributed by atoms with Gasteiger partial charge in [0.25, 0.3) is 0 Å². The van der Waals surface area contributed by atoms with E-state index in [0.29, 0.717) is 36.4 Å². The van der Waals surface area contributed by atoms with Gasteiger partial charge in [-0.2, -0.15) is 0 Å². The molecule has 1 unspecified atom stereocenters. The second-order valence-corrected chi connectivity index (χ2v) is 6.50. The molecule has 7 nitrogen and oxygen atoms in total. The molecule has 1 atom stereocenters. The van der Waals surface area contributed by atoms with Crippen molar-refractivity contribution in [3.63, 3.8) is 0 Å². The zero-order chi connectivity index (χ0) is 21.2. The van der Waals surface area contributed by atoms with Crippen LogP contribution in [0.15, 0.2) is 70.3 Å². The summed E-state index contributed by atoms with van der Waals surface area (Å²) in [6.45, 7) is 3.26. The molecule has 3 rings (SSSR count). The first-order valence-electron chi connectivity index (χ1n) is 9.72. The van der Waals surface area contributed by atoms with E-state index in [4.69, 9.17) is 9.15 Å². The highest BCUT2D eigenvalue weighted by atomic mass is 127. The number of benzene rings is 2. The molecule has 166 valence electrons. The molecule has 1 heterocycles. The number of oxazole rings is 1. The molecule has 0 saturated carbocycles. The highest BCUT2D eigenvalue weighted by molar-refractivity contribution is 14.0. The third-order valence-corrected chi connectivity index (χ3v) is 4.08. The number of ether oxygens (including phenoxy) is 1. The molecule has 3 N–H and O–H groups in total. The van der Waals surface area contributed by atoms with Crippen LogP contribution in [0, 0.1) is 5.82 Å². The lowest BCUT2D eigenvalue weighted by atomic mass is 10.2. The SMILES string of the molecule is CCNC(=NCc1coc(-c2ccccc2)n1)NCC(O)COc1ccc(F)cc1.I. The van der Waals surface area contributed by atoms with E-state index in [1.54, 1.807) is 6.26 Å². The molecule has 0 bridgehead atoms. The minimum Gasteiger partial charge on any atom is -0.491 e. The van der Waals surface area contributed by atoms with Gasteiger partial charge in [0.15, 0.2) is 5.96 Å². The van der Waals surface area contributed by atoms with Crippen LogP contribution in [0.3, 0.4) is 0 Å². The maximum Gasteiger partial charge on any atom is 0.226 e. The van der Waals surface area contributed by atoms with Gasteiger partial charge in [-0.3, -0.25) is 0 Å². The smallest absolute Gasteiger partial charge is 0.226 e. The Bertz CT molecular complexity index is 935. The van der Waals surface area contributed by atoms with Crippen molar-refractivity contribution >= 4 is 29.9 Å². The molecule has 0 spiro atoms. The summed E-state index contributed by atoms with van der Waals surface area (Å²) in [6.07, 6.45) is 0.816. The van der Waals surface area contributed by atoms with Gasteiger partial charge in [0.1, 0.15) is 36.2 Å². The predicted octanol–water partition coefficient (Wildman–Crippen LogP) is 3.59. The van der Waals surface area contributed by atoms with E-state index in [-0.39, 0.29) is 42.9 Å². The average molecular weight is 540 g/mol. The average Bonchev–Trinajstić information content (AvgIpc) is 3.25. The first kappa shape index (κ1) is 24.6. The van der Waals surface area contributed by atoms with E-state index < -0.39 is 6.10 Å². The Morgan fingerprint density at radius 1 is 1.16 bits per heavy atom. The summed E-state index contributed by atoms with van der Waals surface area (Å²) in [5.74, 6) is 1.25. The molecule has 0 saturated heterocycles. The zero-order valence-corrected chi connectivity index (χ0v) is 19.5. The number of nitrogens with zero attached hydrogens (tertiary/aromatic N) is 2. The third kappa shape index (κ3) is 8.18. The van der Waals surface area contributed by atoms with Gasteiger partial charge >= 0.3 is 0 Å². The van der Waals surface area contributed by atoms with E-state index in [2.05, 4.69) is 20.6 Å². The van der Waals surface area contributed by atoms with Crippen LogP contribution in [0.4, 0.5) is 4.39 Å². The van der Waals surface area contributed by atoms with E-state index in [1.165, 1.54) is 24.3 Å². The lowest BCUT2D eigenvalue weighted by Crippen LogP contribution is -2.42. The van der Waals surface area contributed by atoms with Crippen LogP contribution in [-0.4, -0.2) is 41.9 Å². The molecular weight excluding hydrogens is 514 g/mol. The molecule has 0 amide bonds. The molecule has 31 heavy (non-hydrogen) atoms. The zero-order valence-electron chi connectivity index (χ0n) is 17.1. The maximum absolute atomic E-state index is 12.9. The van der Waals surface area contributed by atoms with Gasteiger partial charge in [-0.05, 0) is 43.3 Å². The summed E-state index contributed by atoms with van der Waals surface area (Å²) in [4.78, 5) is 8.92. The van der Waals surface area contributed by atoms with E-state index in [0.717, 1.165) is 5.56 Å². The maximum atomic E-state index is 12.9. The van der Waals surface area contributed by atoms with Crippen molar-refractivity contribution in [1.82, 2.24) is 15.6 Å². The molecule has 2 aromatic carbocycles. The van der Waals surface area contributed by atoms with E-state index >= 15 is 0 Å². The Morgan fingerprint density at radius 3 is 2.61 bits per heavy atom. The molecule has 1 aromatic heterocycles. The molecular formula is C22H26FIN4O3. The fourth-order valence-electron chi connectivity index (χ4n) is 2.59. The van der Waals surface area contributed by atoms with Crippen LogP contribution in [0.5, 0.6) is 5.75 Å². The predicted molar refractivity (Wildman–Crippen MR) is 128 cm³/mol. The van der Waals surface area contributed by atoms with Gasteiger partial charge in [0.2, 0.25) is 5.89 Å². The van der Waals surface area contributed by atoms with Crippen LogP contribution in [0.2, 0.25) is 0 Å². The number of halogens is 2. The number of guanidine groups is 1. The molecule has 3 aromatic rings. The third-order valence-electron chi connectivity index (χ3n) is 4.08. The number of rotatable bonds is 9. The monoisotopic (exact) mass is 540 g/mol. The van der Waals surface area contributed by atoms with Crippen LogP contribution in [0.1, 0.15) is 12.6 Å². The molecule has 0 aliphatic heterocycles. The van der Waals surface area contributed by atoms with Gasteiger partial charge in [-0.25, -0.2) is 14.4 Å². The van der Waals surface area contributed by atoms with Crippen molar-refractivity contribution in [3.8, 4) is 17.2 Å². The molecule has 0 radical (unpaired) electrons. The molecule has 0 fully saturated rings. The van der Waals surface area contributed by atoms with Gasteiger partial charge in [-0.15, -0.1) is 24.0 Å². The first-order valence-corrected chi connectivity index (χ1v) is 9.72. The Kier molecular flexibility index (Phi) is 10.2. The fourth-order valence-corrected chi connectivity index (χ4v) is 2.59. The summed E-state index contributed by atoms with van der Waals surface area (Å²) < 4.78 is 23.9. The number of nitrogens with one attached hydrogen (secondary N) is 2. The van der Waals surface area contributed by atoms with E-state index in [1.807, 2.05) is 37.3 Å². The van der Waals surface area contributed by atoms with Gasteiger partial charge in [0.05, 0.1) is 6.54 Å². The fraction of sp³-hybridized carbons (Fsp3) is 0.273. The number of hydrogen-bond donors (Lipinski definition) is 3. The number of aliphatic imine (C=N–C) groups is 1. The van der Waals surface area contributed by atoms with Crippen molar-refractivity contribution in [2.45, 2.75) is 19.6 Å². The van der Waals surface area contributed by atoms with Gasteiger partial charge < -0.3 is 24.9 Å². The first-order chi connectivity index (χ1) is 14.6. The Morgan fingerprint density at radius 2 is 1.90 bits per heavy atom. The quantitative estimate of drug-likeness (QED) is 0.218. The normalized spacial score (nSPS) is 12.0.